The molecule has 0 saturated heterocycles. The first-order valence-electron chi connectivity index (χ1n) is 7.10. The maximum Gasteiger partial charge on any atom is 0.147 e. The molecule has 4 heteroatoms. The average Bonchev–Trinajstić information content (AvgIpc) is 2.54. The SMILES string of the molecule is CCCNCc1ccccc1OCc1cccnc1C#N. The Bertz CT molecular complexity index is 619. The van der Waals surface area contributed by atoms with Crippen LogP contribution in [0.25, 0.3) is 0 Å². The third-order valence-electron chi connectivity index (χ3n) is 3.10. The topological polar surface area (TPSA) is 57.9 Å². The van der Waals surface area contributed by atoms with Gasteiger partial charge < -0.3 is 10.1 Å². The molecule has 1 aromatic carbocycles. The second-order valence-electron chi connectivity index (χ2n) is 4.70. The first-order valence-corrected chi connectivity index (χ1v) is 7.10. The lowest BCUT2D eigenvalue weighted by Gasteiger charge is -2.12. The fraction of sp³-hybridized carbons (Fsp3) is 0.294. The van der Waals surface area contributed by atoms with E-state index in [0.29, 0.717) is 12.3 Å². The lowest BCUT2D eigenvalue weighted by Crippen LogP contribution is -2.14. The summed E-state index contributed by atoms with van der Waals surface area (Å²) in [6.45, 7) is 4.25. The zero-order valence-electron chi connectivity index (χ0n) is 12.2. The lowest BCUT2D eigenvalue weighted by atomic mass is 10.2. The van der Waals surface area contributed by atoms with Crippen LogP contribution in [0.4, 0.5) is 0 Å². The zero-order chi connectivity index (χ0) is 14.9. The minimum absolute atomic E-state index is 0.349. The van der Waals surface area contributed by atoms with Gasteiger partial charge >= 0.3 is 0 Å². The van der Waals surface area contributed by atoms with Crippen LogP contribution in [-0.2, 0) is 13.2 Å². The van der Waals surface area contributed by atoms with Gasteiger partial charge in [-0.3, -0.25) is 0 Å². The average molecular weight is 281 g/mol. The molecule has 0 saturated carbocycles. The number of hydrogen-bond acceptors (Lipinski definition) is 4. The zero-order valence-corrected chi connectivity index (χ0v) is 12.2. The van der Waals surface area contributed by atoms with Crippen molar-refractivity contribution in [3.63, 3.8) is 0 Å². The highest BCUT2D eigenvalue weighted by Gasteiger charge is 2.06. The number of nitrogens with one attached hydrogen (secondary N) is 1. The Morgan fingerprint density at radius 3 is 2.81 bits per heavy atom. The molecule has 1 heterocycles. The molecule has 0 unspecified atom stereocenters. The van der Waals surface area contributed by atoms with Crippen molar-refractivity contribution < 1.29 is 4.74 Å². The number of benzene rings is 1. The minimum atomic E-state index is 0.349. The van der Waals surface area contributed by atoms with Gasteiger partial charge in [0.2, 0.25) is 0 Å². The summed E-state index contributed by atoms with van der Waals surface area (Å²) in [5, 5.41) is 12.4. The number of aromatic nitrogens is 1. The molecule has 2 aromatic rings. The van der Waals surface area contributed by atoms with Crippen molar-refractivity contribution in [1.82, 2.24) is 10.3 Å². The van der Waals surface area contributed by atoms with Gasteiger partial charge in [0.05, 0.1) is 0 Å². The molecule has 0 amide bonds. The molecule has 0 atom stereocenters. The standard InChI is InChI=1S/C17H19N3O/c1-2-9-19-12-14-6-3-4-8-17(14)21-13-15-7-5-10-20-16(15)11-18/h3-8,10,19H,2,9,12-13H2,1H3. The maximum atomic E-state index is 9.04. The van der Waals surface area contributed by atoms with Gasteiger partial charge in [0.25, 0.3) is 0 Å². The third-order valence-corrected chi connectivity index (χ3v) is 3.10. The van der Waals surface area contributed by atoms with Gasteiger partial charge in [-0.15, -0.1) is 0 Å². The quantitative estimate of drug-likeness (QED) is 0.793. The van der Waals surface area contributed by atoms with Crippen LogP contribution in [0.5, 0.6) is 5.75 Å². The summed E-state index contributed by atoms with van der Waals surface area (Å²) in [6, 6.07) is 13.7. The molecule has 0 radical (unpaired) electrons. The summed E-state index contributed by atoms with van der Waals surface area (Å²) in [6.07, 6.45) is 2.72. The molecule has 0 aliphatic rings. The fourth-order valence-corrected chi connectivity index (χ4v) is 2.00. The van der Waals surface area contributed by atoms with Crippen LogP contribution in [0.2, 0.25) is 0 Å². The molecular weight excluding hydrogens is 262 g/mol. The van der Waals surface area contributed by atoms with E-state index in [4.69, 9.17) is 10.00 Å². The van der Waals surface area contributed by atoms with Crippen molar-refractivity contribution in [3.8, 4) is 11.8 Å². The number of pyridine rings is 1. The number of nitriles is 1. The Kier molecular flexibility index (Phi) is 5.74. The predicted molar refractivity (Wildman–Crippen MR) is 81.7 cm³/mol. The van der Waals surface area contributed by atoms with E-state index >= 15 is 0 Å². The molecule has 0 spiro atoms. The normalized spacial score (nSPS) is 10.1. The van der Waals surface area contributed by atoms with Gasteiger partial charge in [0.1, 0.15) is 24.1 Å². The van der Waals surface area contributed by atoms with Gasteiger partial charge in [-0.1, -0.05) is 31.2 Å². The highest BCUT2D eigenvalue weighted by Crippen LogP contribution is 2.19. The van der Waals surface area contributed by atoms with Crippen LogP contribution in [0, 0.1) is 11.3 Å². The Hall–Kier alpha value is -2.38. The second-order valence-corrected chi connectivity index (χ2v) is 4.70. The van der Waals surface area contributed by atoms with Crippen LogP contribution < -0.4 is 10.1 Å². The second kappa shape index (κ2) is 8.03. The van der Waals surface area contributed by atoms with Crippen molar-refractivity contribution in [2.75, 3.05) is 6.54 Å². The van der Waals surface area contributed by atoms with Crippen molar-refractivity contribution >= 4 is 0 Å². The van der Waals surface area contributed by atoms with Crippen LogP contribution in [0.1, 0.15) is 30.2 Å². The summed E-state index contributed by atoms with van der Waals surface area (Å²) in [4.78, 5) is 4.04. The summed E-state index contributed by atoms with van der Waals surface area (Å²) < 4.78 is 5.87. The lowest BCUT2D eigenvalue weighted by molar-refractivity contribution is 0.301. The molecule has 108 valence electrons. The minimum Gasteiger partial charge on any atom is -0.488 e. The fourth-order valence-electron chi connectivity index (χ4n) is 2.00. The van der Waals surface area contributed by atoms with Crippen LogP contribution in [0.3, 0.4) is 0 Å². The molecule has 2 rings (SSSR count). The van der Waals surface area contributed by atoms with Crippen molar-refractivity contribution in [1.29, 1.82) is 5.26 Å². The van der Waals surface area contributed by atoms with Crippen LogP contribution in [-0.4, -0.2) is 11.5 Å². The van der Waals surface area contributed by atoms with Gasteiger partial charge in [0.15, 0.2) is 0 Å². The molecule has 1 N–H and O–H groups in total. The molecule has 0 aliphatic heterocycles. The Balaban J connectivity index is 2.04. The van der Waals surface area contributed by atoms with Gasteiger partial charge in [-0.05, 0) is 25.1 Å². The van der Waals surface area contributed by atoms with Gasteiger partial charge in [0, 0.05) is 23.9 Å². The molecule has 21 heavy (non-hydrogen) atoms. The van der Waals surface area contributed by atoms with Crippen LogP contribution >= 0.6 is 0 Å². The van der Waals surface area contributed by atoms with E-state index in [9.17, 15) is 0 Å². The molecule has 0 bridgehead atoms. The number of nitrogens with zero attached hydrogens (tertiary/aromatic N) is 2. The van der Waals surface area contributed by atoms with E-state index in [-0.39, 0.29) is 0 Å². The highest BCUT2D eigenvalue weighted by molar-refractivity contribution is 5.35. The number of hydrogen-bond donors (Lipinski definition) is 1. The first-order chi connectivity index (χ1) is 10.3. The molecular formula is C17H19N3O. The largest absolute Gasteiger partial charge is 0.488 e. The molecule has 1 aromatic heterocycles. The van der Waals surface area contributed by atoms with E-state index in [1.54, 1.807) is 6.20 Å². The monoisotopic (exact) mass is 281 g/mol. The summed E-state index contributed by atoms with van der Waals surface area (Å²) in [7, 11) is 0. The third kappa shape index (κ3) is 4.30. The highest BCUT2D eigenvalue weighted by atomic mass is 16.5. The van der Waals surface area contributed by atoms with E-state index in [1.165, 1.54) is 0 Å². The Labute approximate surface area is 125 Å². The Morgan fingerprint density at radius 2 is 2.00 bits per heavy atom. The molecule has 0 fully saturated rings. The summed E-state index contributed by atoms with van der Waals surface area (Å²) in [5.41, 5.74) is 2.34. The number of ether oxygens (including phenoxy) is 1. The van der Waals surface area contributed by atoms with E-state index in [2.05, 4.69) is 23.3 Å². The van der Waals surface area contributed by atoms with Gasteiger partial charge in [-0.25, -0.2) is 4.98 Å². The van der Waals surface area contributed by atoms with E-state index in [1.807, 2.05) is 36.4 Å². The maximum absolute atomic E-state index is 9.04. The van der Waals surface area contributed by atoms with Crippen molar-refractivity contribution in [3.05, 3.63) is 59.4 Å². The smallest absolute Gasteiger partial charge is 0.147 e. The summed E-state index contributed by atoms with van der Waals surface area (Å²) in [5.74, 6) is 0.842. The van der Waals surface area contributed by atoms with Crippen LogP contribution in [0.15, 0.2) is 42.6 Å². The number of para-hydroxylation sites is 1. The predicted octanol–water partition coefficient (Wildman–Crippen LogP) is 3.03. The number of rotatable bonds is 7. The molecule has 4 nitrogen and oxygen atoms in total. The first kappa shape index (κ1) is 15.0. The van der Waals surface area contributed by atoms with E-state index < -0.39 is 0 Å². The van der Waals surface area contributed by atoms with Crippen molar-refractivity contribution in [2.45, 2.75) is 26.5 Å². The van der Waals surface area contributed by atoms with E-state index in [0.717, 1.165) is 36.4 Å². The van der Waals surface area contributed by atoms with Crippen molar-refractivity contribution in [2.24, 2.45) is 0 Å². The summed E-state index contributed by atoms with van der Waals surface area (Å²) >= 11 is 0. The Morgan fingerprint density at radius 1 is 1.19 bits per heavy atom. The molecule has 0 aliphatic carbocycles. The van der Waals surface area contributed by atoms with Gasteiger partial charge in [-0.2, -0.15) is 5.26 Å².